The zero-order valence-corrected chi connectivity index (χ0v) is 24.0. The highest BCUT2D eigenvalue weighted by atomic mass is 32.2. The largest absolute Gasteiger partial charge is 0.496 e. The van der Waals surface area contributed by atoms with E-state index in [2.05, 4.69) is 10.4 Å². The van der Waals surface area contributed by atoms with Gasteiger partial charge in [0.25, 0.3) is 5.91 Å². The van der Waals surface area contributed by atoms with Gasteiger partial charge in [-0.25, -0.2) is 8.42 Å². The maximum atomic E-state index is 13.4. The van der Waals surface area contributed by atoms with Crippen molar-refractivity contribution in [1.29, 1.82) is 5.26 Å². The second-order valence-corrected chi connectivity index (χ2v) is 13.4. The van der Waals surface area contributed by atoms with Crippen molar-refractivity contribution in [2.24, 2.45) is 5.41 Å². The van der Waals surface area contributed by atoms with E-state index in [-0.39, 0.29) is 67.9 Å². The number of aromatic nitrogens is 2. The van der Waals surface area contributed by atoms with Gasteiger partial charge >= 0.3 is 6.18 Å². The molecule has 13 heteroatoms. The van der Waals surface area contributed by atoms with Crippen LogP contribution in [0.5, 0.6) is 5.75 Å². The van der Waals surface area contributed by atoms with Crippen molar-refractivity contribution >= 4 is 15.7 Å². The van der Waals surface area contributed by atoms with Crippen LogP contribution in [0, 0.1) is 16.7 Å². The van der Waals surface area contributed by atoms with Crippen LogP contribution in [0.3, 0.4) is 0 Å². The Balaban J connectivity index is 1.88. The van der Waals surface area contributed by atoms with Gasteiger partial charge in [-0.15, -0.1) is 0 Å². The van der Waals surface area contributed by atoms with Crippen LogP contribution in [0.15, 0.2) is 18.2 Å². The molecule has 1 aliphatic rings. The van der Waals surface area contributed by atoms with Crippen LogP contribution < -0.4 is 10.1 Å². The summed E-state index contributed by atoms with van der Waals surface area (Å²) in [5, 5.41) is 27.3. The number of carbonyl (C=O) groups excluding carboxylic acids is 1. The van der Waals surface area contributed by atoms with E-state index in [1.54, 1.807) is 13.0 Å². The van der Waals surface area contributed by atoms with E-state index in [1.165, 1.54) is 30.2 Å². The number of nitrogens with zero attached hydrogens (tertiary/aromatic N) is 3. The molecular weight excluding hydrogens is 549 g/mol. The fraction of sp³-hybridized carbons (Fsp3) is 0.593. The Kier molecular flexibility index (Phi) is 8.96. The van der Waals surface area contributed by atoms with E-state index in [0.717, 1.165) is 13.8 Å². The Morgan fingerprint density at radius 1 is 1.30 bits per heavy atom. The van der Waals surface area contributed by atoms with Gasteiger partial charge in [-0.1, -0.05) is 19.9 Å². The predicted octanol–water partition coefficient (Wildman–Crippen LogP) is 4.03. The van der Waals surface area contributed by atoms with Crippen LogP contribution >= 0.6 is 0 Å². The number of aliphatic hydroxyl groups is 1. The molecule has 1 saturated carbocycles. The lowest BCUT2D eigenvalue weighted by Gasteiger charge is -2.35. The Morgan fingerprint density at radius 2 is 1.93 bits per heavy atom. The lowest BCUT2D eigenvalue weighted by Crippen LogP contribution is -2.47. The average Bonchev–Trinajstić information content (AvgIpc) is 3.24. The molecule has 0 radical (unpaired) electrons. The van der Waals surface area contributed by atoms with E-state index >= 15 is 0 Å². The summed E-state index contributed by atoms with van der Waals surface area (Å²) in [5.41, 5.74) is -2.42. The molecule has 1 amide bonds. The third kappa shape index (κ3) is 6.61. The van der Waals surface area contributed by atoms with Gasteiger partial charge in [-0.05, 0) is 56.7 Å². The monoisotopic (exact) mass is 584 g/mol. The van der Waals surface area contributed by atoms with Gasteiger partial charge in [0.2, 0.25) is 0 Å². The summed E-state index contributed by atoms with van der Waals surface area (Å²) >= 11 is 0. The number of sulfone groups is 1. The molecule has 2 aromatic rings. The molecule has 0 unspecified atom stereocenters. The summed E-state index contributed by atoms with van der Waals surface area (Å²) in [6.45, 7) is 4.13. The van der Waals surface area contributed by atoms with Crippen molar-refractivity contribution in [2.45, 2.75) is 76.4 Å². The van der Waals surface area contributed by atoms with Gasteiger partial charge in [0.05, 0.1) is 29.1 Å². The maximum absolute atomic E-state index is 13.4. The van der Waals surface area contributed by atoms with Crippen LogP contribution in [0.4, 0.5) is 13.2 Å². The number of methoxy groups -OCH3 is 1. The lowest BCUT2D eigenvalue weighted by molar-refractivity contribution is -0.211. The van der Waals surface area contributed by atoms with Crippen molar-refractivity contribution in [3.8, 4) is 23.1 Å². The second kappa shape index (κ2) is 11.4. The van der Waals surface area contributed by atoms with E-state index < -0.39 is 38.2 Å². The van der Waals surface area contributed by atoms with Gasteiger partial charge in [0.1, 0.15) is 27.2 Å². The molecule has 1 heterocycles. The molecule has 0 bridgehead atoms. The molecule has 9 nitrogen and oxygen atoms in total. The maximum Gasteiger partial charge on any atom is 0.394 e. The Labute approximate surface area is 232 Å². The number of nitriles is 1. The fourth-order valence-electron chi connectivity index (χ4n) is 4.94. The summed E-state index contributed by atoms with van der Waals surface area (Å²) < 4.78 is 70.9. The van der Waals surface area contributed by atoms with Gasteiger partial charge < -0.3 is 15.2 Å². The van der Waals surface area contributed by atoms with Gasteiger partial charge in [0, 0.05) is 24.9 Å². The number of alkyl halides is 3. The molecule has 0 aliphatic heterocycles. The van der Waals surface area contributed by atoms with E-state index in [1.807, 2.05) is 6.07 Å². The quantitative estimate of drug-likeness (QED) is 0.455. The molecule has 0 spiro atoms. The van der Waals surface area contributed by atoms with Gasteiger partial charge in [0.15, 0.2) is 5.69 Å². The van der Waals surface area contributed by atoms with Crippen LogP contribution in [0.25, 0.3) is 11.3 Å². The highest BCUT2D eigenvalue weighted by Gasteiger charge is 2.47. The van der Waals surface area contributed by atoms with E-state index in [4.69, 9.17) is 4.74 Å². The predicted molar refractivity (Wildman–Crippen MR) is 143 cm³/mol. The minimum absolute atomic E-state index is 0.0474. The first-order valence-corrected chi connectivity index (χ1v) is 14.9. The number of hydrogen-bond acceptors (Lipinski definition) is 7. The minimum atomic E-state index is -4.41. The first-order valence-electron chi connectivity index (χ1n) is 12.9. The second-order valence-electron chi connectivity index (χ2n) is 11.0. The first-order chi connectivity index (χ1) is 18.5. The number of rotatable bonds is 9. The molecule has 1 aromatic carbocycles. The molecule has 1 aliphatic carbocycles. The number of hydrogen-bond donors (Lipinski definition) is 2. The van der Waals surface area contributed by atoms with E-state index in [0.29, 0.717) is 11.1 Å². The first kappa shape index (κ1) is 31.4. The smallest absolute Gasteiger partial charge is 0.394 e. The zero-order chi connectivity index (χ0) is 30.1. The summed E-state index contributed by atoms with van der Waals surface area (Å²) in [5.74, 6) is -0.461. The SMILES string of the molecule is CCn1nc(C(=O)NCC2(O)CCC(S(C)(=O)=O)CC2)c(C#N)c1-c1ccc(CC(C)(C)C(F)(F)F)cc1OC. The number of halogens is 3. The number of aryl methyl sites for hydroxylation is 1. The third-order valence-corrected chi connectivity index (χ3v) is 9.24. The molecule has 1 fully saturated rings. The summed E-state index contributed by atoms with van der Waals surface area (Å²) in [6, 6.07) is 6.58. The molecule has 220 valence electrons. The number of nitrogens with one attached hydrogen (secondary N) is 1. The standard InChI is InChI=1S/C27H35F3N4O5S/c1-6-34-23(19-8-7-17(13-21(19)39-4)14-25(2,3)27(28,29)30)20(15-31)22(33-34)24(35)32-16-26(36)11-9-18(10-12-26)40(5,37)38/h7-8,13,18,36H,6,9-12,14,16H2,1-5H3,(H,32,35). The zero-order valence-electron chi connectivity index (χ0n) is 23.2. The normalized spacial score (nSPS) is 20.1. The number of ether oxygens (including phenoxy) is 1. The van der Waals surface area contributed by atoms with Crippen LogP contribution in [-0.4, -0.2) is 66.1 Å². The van der Waals surface area contributed by atoms with Crippen LogP contribution in [0.2, 0.25) is 0 Å². The summed E-state index contributed by atoms with van der Waals surface area (Å²) in [4.78, 5) is 13.1. The molecule has 40 heavy (non-hydrogen) atoms. The molecule has 0 atom stereocenters. The minimum Gasteiger partial charge on any atom is -0.496 e. The van der Waals surface area contributed by atoms with Crippen molar-refractivity contribution in [3.63, 3.8) is 0 Å². The van der Waals surface area contributed by atoms with Crippen molar-refractivity contribution in [3.05, 3.63) is 35.0 Å². The summed E-state index contributed by atoms with van der Waals surface area (Å²) in [6.07, 6.45) is -2.58. The molecular formula is C27H35F3N4O5S. The Morgan fingerprint density at radius 3 is 2.42 bits per heavy atom. The summed E-state index contributed by atoms with van der Waals surface area (Å²) in [7, 11) is -1.86. The molecule has 2 N–H and O–H groups in total. The lowest BCUT2D eigenvalue weighted by atomic mass is 9.84. The average molecular weight is 585 g/mol. The van der Waals surface area contributed by atoms with E-state index in [9.17, 15) is 36.8 Å². The highest BCUT2D eigenvalue weighted by molar-refractivity contribution is 7.91. The third-order valence-electron chi connectivity index (χ3n) is 7.56. The fourth-order valence-corrected chi connectivity index (χ4v) is 6.04. The molecule has 1 aromatic heterocycles. The highest BCUT2D eigenvalue weighted by Crippen LogP contribution is 2.42. The van der Waals surface area contributed by atoms with Crippen molar-refractivity contribution in [2.75, 3.05) is 19.9 Å². The number of benzene rings is 1. The Bertz CT molecular complexity index is 1400. The van der Waals surface area contributed by atoms with Crippen molar-refractivity contribution in [1.82, 2.24) is 15.1 Å². The molecule has 3 rings (SSSR count). The molecule has 0 saturated heterocycles. The van der Waals surface area contributed by atoms with Crippen LogP contribution in [0.1, 0.15) is 68.1 Å². The topological polar surface area (TPSA) is 134 Å². The van der Waals surface area contributed by atoms with Gasteiger partial charge in [-0.3, -0.25) is 9.48 Å². The Hall–Kier alpha value is -3.11. The van der Waals surface area contributed by atoms with Crippen LogP contribution in [-0.2, 0) is 22.8 Å². The van der Waals surface area contributed by atoms with Crippen molar-refractivity contribution < 1.29 is 36.2 Å². The number of carbonyl (C=O) groups is 1. The number of amides is 1. The van der Waals surface area contributed by atoms with Gasteiger partial charge in [-0.2, -0.15) is 23.5 Å².